The van der Waals surface area contributed by atoms with Crippen molar-refractivity contribution in [1.82, 2.24) is 9.78 Å². The van der Waals surface area contributed by atoms with Crippen LogP contribution < -0.4 is 0 Å². The molecule has 0 bridgehead atoms. The first kappa shape index (κ1) is 12.2. The van der Waals surface area contributed by atoms with E-state index < -0.39 is 0 Å². The molecule has 0 aliphatic heterocycles. The van der Waals surface area contributed by atoms with Crippen molar-refractivity contribution < 1.29 is 5.11 Å². The Morgan fingerprint density at radius 3 is 2.67 bits per heavy atom. The zero-order valence-electron chi connectivity index (χ0n) is 10.2. The molecule has 3 heteroatoms. The molecule has 0 aliphatic rings. The predicted molar refractivity (Wildman–Crippen MR) is 61.8 cm³/mol. The Kier molecular flexibility index (Phi) is 4.33. The van der Waals surface area contributed by atoms with Crippen molar-refractivity contribution in [1.29, 1.82) is 0 Å². The Labute approximate surface area is 92.1 Å². The lowest BCUT2D eigenvalue weighted by Crippen LogP contribution is -2.12. The SMILES string of the molecule is CCn1nc(C)cc1CC(C)CC(C)O. The Bertz CT molecular complexity index is 305. The van der Waals surface area contributed by atoms with Gasteiger partial charge in [-0.25, -0.2) is 0 Å². The Balaban J connectivity index is 2.62. The van der Waals surface area contributed by atoms with Crippen LogP contribution in [0.4, 0.5) is 0 Å². The molecule has 0 saturated heterocycles. The van der Waals surface area contributed by atoms with Gasteiger partial charge in [0.15, 0.2) is 0 Å². The van der Waals surface area contributed by atoms with E-state index in [2.05, 4.69) is 25.0 Å². The van der Waals surface area contributed by atoms with Crippen LogP contribution >= 0.6 is 0 Å². The molecule has 3 nitrogen and oxygen atoms in total. The first-order valence-corrected chi connectivity index (χ1v) is 5.74. The molecular formula is C12H22N2O. The van der Waals surface area contributed by atoms with Crippen LogP contribution in [-0.4, -0.2) is 21.0 Å². The maximum absolute atomic E-state index is 9.31. The number of aromatic nitrogens is 2. The smallest absolute Gasteiger partial charge is 0.0596 e. The molecule has 1 aromatic rings. The number of hydrogen-bond donors (Lipinski definition) is 1. The Morgan fingerprint density at radius 2 is 2.13 bits per heavy atom. The average Bonchev–Trinajstić information content (AvgIpc) is 2.44. The molecule has 15 heavy (non-hydrogen) atoms. The lowest BCUT2D eigenvalue weighted by molar-refractivity contribution is 0.163. The van der Waals surface area contributed by atoms with E-state index >= 15 is 0 Å². The van der Waals surface area contributed by atoms with Crippen molar-refractivity contribution >= 4 is 0 Å². The fourth-order valence-electron chi connectivity index (χ4n) is 2.06. The molecule has 2 atom stereocenters. The summed E-state index contributed by atoms with van der Waals surface area (Å²) < 4.78 is 2.05. The van der Waals surface area contributed by atoms with Gasteiger partial charge in [-0.05, 0) is 45.6 Å². The first-order chi connectivity index (χ1) is 7.02. The van der Waals surface area contributed by atoms with E-state index in [0.29, 0.717) is 5.92 Å². The summed E-state index contributed by atoms with van der Waals surface area (Å²) in [5, 5.41) is 13.7. The van der Waals surface area contributed by atoms with E-state index in [9.17, 15) is 5.11 Å². The topological polar surface area (TPSA) is 38.0 Å². The molecule has 2 unspecified atom stereocenters. The van der Waals surface area contributed by atoms with Gasteiger partial charge in [-0.2, -0.15) is 5.10 Å². The van der Waals surface area contributed by atoms with Crippen LogP contribution in [0.25, 0.3) is 0 Å². The number of hydrogen-bond acceptors (Lipinski definition) is 2. The second-order valence-corrected chi connectivity index (χ2v) is 4.49. The predicted octanol–water partition coefficient (Wildman–Crippen LogP) is 2.16. The molecule has 0 aromatic carbocycles. The number of rotatable bonds is 5. The lowest BCUT2D eigenvalue weighted by Gasteiger charge is -2.13. The summed E-state index contributed by atoms with van der Waals surface area (Å²) in [6.45, 7) is 9.07. The van der Waals surface area contributed by atoms with Crippen molar-refractivity contribution in [2.75, 3.05) is 0 Å². The highest BCUT2D eigenvalue weighted by molar-refractivity contribution is 5.09. The number of aliphatic hydroxyl groups is 1. The van der Waals surface area contributed by atoms with Crippen LogP contribution in [-0.2, 0) is 13.0 Å². The maximum Gasteiger partial charge on any atom is 0.0596 e. The molecule has 0 amide bonds. The van der Waals surface area contributed by atoms with E-state index in [0.717, 1.165) is 25.1 Å². The third-order valence-electron chi connectivity index (χ3n) is 2.59. The van der Waals surface area contributed by atoms with Crippen LogP contribution in [0, 0.1) is 12.8 Å². The molecule has 0 saturated carbocycles. The molecule has 0 radical (unpaired) electrons. The van der Waals surface area contributed by atoms with Gasteiger partial charge in [0.25, 0.3) is 0 Å². The summed E-state index contributed by atoms with van der Waals surface area (Å²) in [6.07, 6.45) is 1.65. The number of aryl methyl sites for hydroxylation is 2. The number of nitrogens with zero attached hydrogens (tertiary/aromatic N) is 2. The van der Waals surface area contributed by atoms with E-state index in [1.165, 1.54) is 5.69 Å². The highest BCUT2D eigenvalue weighted by Crippen LogP contribution is 2.14. The van der Waals surface area contributed by atoms with Gasteiger partial charge in [-0.15, -0.1) is 0 Å². The van der Waals surface area contributed by atoms with Crippen molar-refractivity contribution in [2.24, 2.45) is 5.92 Å². The van der Waals surface area contributed by atoms with Gasteiger partial charge >= 0.3 is 0 Å². The molecule has 1 N–H and O–H groups in total. The second kappa shape index (κ2) is 5.31. The summed E-state index contributed by atoms with van der Waals surface area (Å²) >= 11 is 0. The summed E-state index contributed by atoms with van der Waals surface area (Å²) in [6, 6.07) is 2.14. The van der Waals surface area contributed by atoms with Gasteiger partial charge in [-0.1, -0.05) is 6.92 Å². The fourth-order valence-corrected chi connectivity index (χ4v) is 2.06. The van der Waals surface area contributed by atoms with E-state index in [4.69, 9.17) is 0 Å². The van der Waals surface area contributed by atoms with E-state index in [-0.39, 0.29) is 6.10 Å². The van der Waals surface area contributed by atoms with Gasteiger partial charge in [-0.3, -0.25) is 4.68 Å². The van der Waals surface area contributed by atoms with Crippen LogP contribution in [0.3, 0.4) is 0 Å². The van der Waals surface area contributed by atoms with E-state index in [1.54, 1.807) is 0 Å². The number of aliphatic hydroxyl groups excluding tert-OH is 1. The minimum absolute atomic E-state index is 0.209. The Hall–Kier alpha value is -0.830. The van der Waals surface area contributed by atoms with Crippen LogP contribution in [0.1, 0.15) is 38.6 Å². The third-order valence-corrected chi connectivity index (χ3v) is 2.59. The molecule has 1 heterocycles. The van der Waals surface area contributed by atoms with Crippen molar-refractivity contribution in [3.05, 3.63) is 17.5 Å². The normalized spacial score (nSPS) is 15.3. The van der Waals surface area contributed by atoms with Crippen LogP contribution in [0.5, 0.6) is 0 Å². The molecular weight excluding hydrogens is 188 g/mol. The first-order valence-electron chi connectivity index (χ1n) is 5.74. The fraction of sp³-hybridized carbons (Fsp3) is 0.750. The van der Waals surface area contributed by atoms with Gasteiger partial charge < -0.3 is 5.11 Å². The van der Waals surface area contributed by atoms with Gasteiger partial charge in [0, 0.05) is 12.2 Å². The van der Waals surface area contributed by atoms with Crippen molar-refractivity contribution in [3.63, 3.8) is 0 Å². The minimum atomic E-state index is -0.209. The summed E-state index contributed by atoms with van der Waals surface area (Å²) in [4.78, 5) is 0. The monoisotopic (exact) mass is 210 g/mol. The van der Waals surface area contributed by atoms with Crippen molar-refractivity contribution in [2.45, 2.75) is 53.2 Å². The van der Waals surface area contributed by atoms with Crippen molar-refractivity contribution in [3.8, 4) is 0 Å². The standard InChI is InChI=1S/C12H22N2O/c1-5-14-12(8-10(3)13-14)7-9(2)6-11(4)15/h8-9,11,15H,5-7H2,1-4H3. The molecule has 0 fully saturated rings. The minimum Gasteiger partial charge on any atom is -0.393 e. The van der Waals surface area contributed by atoms with Crippen LogP contribution in [0.15, 0.2) is 6.07 Å². The molecule has 0 spiro atoms. The van der Waals surface area contributed by atoms with E-state index in [1.807, 2.05) is 18.5 Å². The lowest BCUT2D eigenvalue weighted by atomic mass is 9.99. The molecule has 1 rings (SSSR count). The van der Waals surface area contributed by atoms with Gasteiger partial charge in [0.2, 0.25) is 0 Å². The second-order valence-electron chi connectivity index (χ2n) is 4.49. The summed E-state index contributed by atoms with van der Waals surface area (Å²) in [5.41, 5.74) is 2.36. The highest BCUT2D eigenvalue weighted by Gasteiger charge is 2.11. The van der Waals surface area contributed by atoms with Gasteiger partial charge in [0.05, 0.1) is 11.8 Å². The highest BCUT2D eigenvalue weighted by atomic mass is 16.3. The zero-order valence-corrected chi connectivity index (χ0v) is 10.2. The largest absolute Gasteiger partial charge is 0.393 e. The summed E-state index contributed by atoms with van der Waals surface area (Å²) in [7, 11) is 0. The summed E-state index contributed by atoms with van der Waals surface area (Å²) in [5.74, 6) is 0.506. The van der Waals surface area contributed by atoms with Gasteiger partial charge in [0.1, 0.15) is 0 Å². The quantitative estimate of drug-likeness (QED) is 0.808. The average molecular weight is 210 g/mol. The van der Waals surface area contributed by atoms with Crippen LogP contribution in [0.2, 0.25) is 0 Å². The molecule has 1 aromatic heterocycles. The zero-order chi connectivity index (χ0) is 11.4. The molecule has 86 valence electrons. The molecule has 0 aliphatic carbocycles. The Morgan fingerprint density at radius 1 is 1.47 bits per heavy atom. The maximum atomic E-state index is 9.31. The third kappa shape index (κ3) is 3.67.